The third-order valence-corrected chi connectivity index (χ3v) is 5.99. The Hall–Kier alpha value is -0.670. The summed E-state index contributed by atoms with van der Waals surface area (Å²) in [6.45, 7) is 15.8. The van der Waals surface area contributed by atoms with Gasteiger partial charge in [-0.05, 0) is 34.1 Å². The highest BCUT2D eigenvalue weighted by molar-refractivity contribution is 5.42. The van der Waals surface area contributed by atoms with Gasteiger partial charge in [0, 0.05) is 49.1 Å². The second kappa shape index (κ2) is 5.17. The number of piperazine rings is 1. The molecule has 1 aliphatic carbocycles. The van der Waals surface area contributed by atoms with Gasteiger partial charge in [0.05, 0.1) is 12.7 Å². The van der Waals surface area contributed by atoms with Crippen molar-refractivity contribution in [3.8, 4) is 6.07 Å². The fraction of sp³-hybridized carbons (Fsp3) is 0.941. The number of nitriles is 1. The van der Waals surface area contributed by atoms with Crippen LogP contribution in [0.15, 0.2) is 0 Å². The van der Waals surface area contributed by atoms with Gasteiger partial charge in [0.15, 0.2) is 0 Å². The molecule has 2 heterocycles. The molecule has 0 bridgehead atoms. The number of hydrogen-bond acceptors (Lipinski definition) is 5. The SMILES string of the molecule is CCCON1C(C)(C)C2C(C1(C)C)C2(C#N)N1CCNCC1. The molecule has 0 radical (unpaired) electrons. The zero-order chi connectivity index (χ0) is 16.2. The third kappa shape index (κ3) is 1.91. The maximum absolute atomic E-state index is 10.1. The van der Waals surface area contributed by atoms with E-state index in [0.29, 0.717) is 11.8 Å². The van der Waals surface area contributed by atoms with Crippen molar-refractivity contribution in [2.75, 3.05) is 32.8 Å². The van der Waals surface area contributed by atoms with Crippen LogP contribution in [0.4, 0.5) is 0 Å². The van der Waals surface area contributed by atoms with Gasteiger partial charge in [-0.15, -0.1) is 0 Å². The molecule has 2 saturated heterocycles. The molecule has 3 rings (SSSR count). The quantitative estimate of drug-likeness (QED) is 0.855. The molecule has 0 spiro atoms. The Balaban J connectivity index is 1.90. The Bertz CT molecular complexity index is 454. The molecule has 22 heavy (non-hydrogen) atoms. The molecular weight excluding hydrogens is 276 g/mol. The summed E-state index contributed by atoms with van der Waals surface area (Å²) in [7, 11) is 0. The Labute approximate surface area is 134 Å². The van der Waals surface area contributed by atoms with Crippen LogP contribution in [0.25, 0.3) is 0 Å². The van der Waals surface area contributed by atoms with Gasteiger partial charge in [0.2, 0.25) is 0 Å². The Morgan fingerprint density at radius 3 is 2.14 bits per heavy atom. The summed E-state index contributed by atoms with van der Waals surface area (Å²) in [4.78, 5) is 8.53. The number of rotatable bonds is 4. The standard InChI is InChI=1S/C17H30N4O/c1-6-11-22-21-15(2,3)13-14(16(21,4)5)17(13,12-18)20-9-7-19-8-10-20/h13-14,19H,6-11H2,1-5H3. The van der Waals surface area contributed by atoms with Gasteiger partial charge in [-0.25, -0.2) is 0 Å². The first-order valence-corrected chi connectivity index (χ1v) is 8.65. The van der Waals surface area contributed by atoms with Gasteiger partial charge < -0.3 is 5.32 Å². The van der Waals surface area contributed by atoms with E-state index in [4.69, 9.17) is 4.84 Å². The van der Waals surface area contributed by atoms with Crippen LogP contribution in [0.5, 0.6) is 0 Å². The first-order chi connectivity index (χ1) is 10.3. The first kappa shape index (κ1) is 16.2. The maximum Gasteiger partial charge on any atom is 0.119 e. The highest BCUT2D eigenvalue weighted by Crippen LogP contribution is 2.71. The van der Waals surface area contributed by atoms with E-state index in [-0.39, 0.29) is 16.6 Å². The fourth-order valence-corrected chi connectivity index (χ4v) is 5.42. The van der Waals surface area contributed by atoms with E-state index in [0.717, 1.165) is 39.2 Å². The Morgan fingerprint density at radius 2 is 1.68 bits per heavy atom. The van der Waals surface area contributed by atoms with Crippen LogP contribution in [-0.2, 0) is 4.84 Å². The van der Waals surface area contributed by atoms with Crippen molar-refractivity contribution < 1.29 is 4.84 Å². The van der Waals surface area contributed by atoms with Gasteiger partial charge in [-0.1, -0.05) is 6.92 Å². The summed E-state index contributed by atoms with van der Waals surface area (Å²) in [5.41, 5.74) is -0.519. The van der Waals surface area contributed by atoms with E-state index >= 15 is 0 Å². The summed E-state index contributed by atoms with van der Waals surface area (Å²) in [5.74, 6) is 0.713. The monoisotopic (exact) mass is 306 g/mol. The topological polar surface area (TPSA) is 51.5 Å². The second-order valence-corrected chi connectivity index (χ2v) is 8.06. The maximum atomic E-state index is 10.1. The van der Waals surface area contributed by atoms with Crippen molar-refractivity contribution in [1.29, 1.82) is 5.26 Å². The molecule has 1 N–H and O–H groups in total. The molecule has 0 aromatic carbocycles. The van der Waals surface area contributed by atoms with Crippen molar-refractivity contribution in [3.05, 3.63) is 0 Å². The van der Waals surface area contributed by atoms with E-state index in [1.54, 1.807) is 0 Å². The van der Waals surface area contributed by atoms with Gasteiger partial charge in [-0.3, -0.25) is 9.74 Å². The molecule has 1 saturated carbocycles. The van der Waals surface area contributed by atoms with E-state index in [1.165, 1.54) is 0 Å². The van der Waals surface area contributed by atoms with Crippen molar-refractivity contribution in [2.24, 2.45) is 11.8 Å². The molecule has 3 aliphatic rings. The predicted octanol–water partition coefficient (Wildman–Crippen LogP) is 1.61. The van der Waals surface area contributed by atoms with E-state index in [2.05, 4.69) is 56.0 Å². The minimum Gasteiger partial charge on any atom is -0.314 e. The van der Waals surface area contributed by atoms with Crippen LogP contribution < -0.4 is 5.32 Å². The van der Waals surface area contributed by atoms with Crippen molar-refractivity contribution >= 4 is 0 Å². The van der Waals surface area contributed by atoms with Crippen LogP contribution in [0.1, 0.15) is 41.0 Å². The summed E-state index contributed by atoms with van der Waals surface area (Å²) < 4.78 is 0. The third-order valence-electron chi connectivity index (χ3n) is 5.99. The molecule has 0 aromatic heterocycles. The lowest BCUT2D eigenvalue weighted by molar-refractivity contribution is -0.258. The lowest BCUT2D eigenvalue weighted by Gasteiger charge is -2.47. The average Bonchev–Trinajstić information content (AvgIpc) is 3.16. The number of fused-ring (bicyclic) bond motifs is 1. The molecule has 5 heteroatoms. The lowest BCUT2D eigenvalue weighted by atomic mass is 9.90. The van der Waals surface area contributed by atoms with Gasteiger partial charge in [0.25, 0.3) is 0 Å². The van der Waals surface area contributed by atoms with Crippen molar-refractivity contribution in [3.63, 3.8) is 0 Å². The summed E-state index contributed by atoms with van der Waals surface area (Å²) in [6, 6.07) is 2.73. The fourth-order valence-electron chi connectivity index (χ4n) is 5.42. The van der Waals surface area contributed by atoms with Crippen molar-refractivity contribution in [2.45, 2.75) is 57.7 Å². The molecule has 3 fully saturated rings. The van der Waals surface area contributed by atoms with Gasteiger partial charge in [0.1, 0.15) is 5.54 Å². The molecule has 2 aliphatic heterocycles. The molecule has 2 unspecified atom stereocenters. The predicted molar refractivity (Wildman–Crippen MR) is 86.0 cm³/mol. The van der Waals surface area contributed by atoms with E-state index in [1.807, 2.05) is 0 Å². The lowest BCUT2D eigenvalue weighted by Crippen LogP contribution is -2.61. The van der Waals surface area contributed by atoms with E-state index in [9.17, 15) is 5.26 Å². The normalized spacial score (nSPS) is 40.2. The largest absolute Gasteiger partial charge is 0.314 e. The first-order valence-electron chi connectivity index (χ1n) is 8.65. The summed E-state index contributed by atoms with van der Waals surface area (Å²) in [5, 5.41) is 15.7. The number of hydrogen-bond donors (Lipinski definition) is 1. The van der Waals surface area contributed by atoms with E-state index < -0.39 is 0 Å². The molecule has 2 atom stereocenters. The minimum atomic E-state index is -0.304. The minimum absolute atomic E-state index is 0.107. The molecule has 5 nitrogen and oxygen atoms in total. The van der Waals surface area contributed by atoms with Crippen LogP contribution >= 0.6 is 0 Å². The average molecular weight is 306 g/mol. The van der Waals surface area contributed by atoms with Crippen LogP contribution in [-0.4, -0.2) is 59.4 Å². The highest BCUT2D eigenvalue weighted by atomic mass is 16.7. The number of nitrogens with zero attached hydrogens (tertiary/aromatic N) is 3. The van der Waals surface area contributed by atoms with Gasteiger partial charge in [-0.2, -0.15) is 10.3 Å². The number of piperidine rings is 1. The highest BCUT2D eigenvalue weighted by Gasteiger charge is 2.84. The number of nitrogens with one attached hydrogen (secondary N) is 1. The molecule has 124 valence electrons. The number of hydroxylamine groups is 2. The van der Waals surface area contributed by atoms with Crippen LogP contribution in [0.2, 0.25) is 0 Å². The van der Waals surface area contributed by atoms with Crippen molar-refractivity contribution in [1.82, 2.24) is 15.3 Å². The Morgan fingerprint density at radius 1 is 1.14 bits per heavy atom. The molecular formula is C17H30N4O. The zero-order valence-corrected chi connectivity index (χ0v) is 14.6. The Kier molecular flexibility index (Phi) is 3.81. The summed E-state index contributed by atoms with van der Waals surface area (Å²) in [6.07, 6.45) is 1.01. The molecule has 0 aromatic rings. The smallest absolute Gasteiger partial charge is 0.119 e. The van der Waals surface area contributed by atoms with Gasteiger partial charge >= 0.3 is 0 Å². The van der Waals surface area contributed by atoms with Crippen LogP contribution in [0.3, 0.4) is 0 Å². The second-order valence-electron chi connectivity index (χ2n) is 8.06. The molecule has 0 amide bonds. The van der Waals surface area contributed by atoms with Crippen LogP contribution in [0, 0.1) is 23.2 Å². The summed E-state index contributed by atoms with van der Waals surface area (Å²) >= 11 is 0. The zero-order valence-electron chi connectivity index (χ0n) is 14.6.